The van der Waals surface area contributed by atoms with Crippen LogP contribution in [0.15, 0.2) is 18.2 Å². The highest BCUT2D eigenvalue weighted by Gasteiger charge is 2.12. The summed E-state index contributed by atoms with van der Waals surface area (Å²) in [5.41, 5.74) is 5.75. The molecular formula is C9H11NO4. The molecule has 14 heavy (non-hydrogen) atoms. The number of phenols is 1. The van der Waals surface area contributed by atoms with E-state index in [0.717, 1.165) is 0 Å². The van der Waals surface area contributed by atoms with Gasteiger partial charge in [0.15, 0.2) is 0 Å². The van der Waals surface area contributed by atoms with E-state index < -0.39 is 12.0 Å². The Hall–Kier alpha value is -1.59. The Balaban J connectivity index is 3.12. The van der Waals surface area contributed by atoms with Gasteiger partial charge < -0.3 is 21.1 Å². The average Bonchev–Trinajstić information content (AvgIpc) is 2.17. The molecule has 0 bridgehead atoms. The van der Waals surface area contributed by atoms with Gasteiger partial charge >= 0.3 is 5.97 Å². The van der Waals surface area contributed by atoms with Crippen molar-refractivity contribution in [1.82, 2.24) is 0 Å². The number of benzene rings is 1. The first-order valence-corrected chi connectivity index (χ1v) is 3.99. The molecule has 1 atom stereocenters. The van der Waals surface area contributed by atoms with Gasteiger partial charge in [0.1, 0.15) is 11.3 Å². The number of carboxylic acids is 1. The topological polar surface area (TPSA) is 104 Å². The van der Waals surface area contributed by atoms with E-state index in [0.29, 0.717) is 5.56 Å². The van der Waals surface area contributed by atoms with Gasteiger partial charge in [0.25, 0.3) is 0 Å². The number of aliphatic hydroxyl groups excluding tert-OH is 1. The Morgan fingerprint density at radius 2 is 2.14 bits per heavy atom. The predicted molar refractivity (Wildman–Crippen MR) is 49.1 cm³/mol. The summed E-state index contributed by atoms with van der Waals surface area (Å²) in [5.74, 6) is -1.54. The van der Waals surface area contributed by atoms with Crippen LogP contribution < -0.4 is 5.73 Å². The fraction of sp³-hybridized carbons (Fsp3) is 0.222. The monoisotopic (exact) mass is 197 g/mol. The lowest BCUT2D eigenvalue weighted by molar-refractivity contribution is 0.0693. The largest absolute Gasteiger partial charge is 0.507 e. The van der Waals surface area contributed by atoms with Crippen LogP contribution in [0.4, 0.5) is 0 Å². The molecule has 0 aliphatic heterocycles. The minimum absolute atomic E-state index is 0.216. The second kappa shape index (κ2) is 4.08. The van der Waals surface area contributed by atoms with Gasteiger partial charge in [-0.25, -0.2) is 4.79 Å². The maximum atomic E-state index is 10.6. The van der Waals surface area contributed by atoms with Crippen molar-refractivity contribution in [2.45, 2.75) is 6.04 Å². The Bertz CT molecular complexity index is 351. The third kappa shape index (κ3) is 2.01. The highest BCUT2D eigenvalue weighted by Crippen LogP contribution is 2.21. The lowest BCUT2D eigenvalue weighted by Crippen LogP contribution is -2.15. The van der Waals surface area contributed by atoms with Gasteiger partial charge in [0.2, 0.25) is 0 Å². The highest BCUT2D eigenvalue weighted by atomic mass is 16.4. The number of hydrogen-bond donors (Lipinski definition) is 4. The van der Waals surface area contributed by atoms with E-state index in [4.69, 9.17) is 15.9 Å². The molecule has 0 aromatic heterocycles. The molecule has 76 valence electrons. The van der Waals surface area contributed by atoms with E-state index in [2.05, 4.69) is 0 Å². The van der Waals surface area contributed by atoms with Gasteiger partial charge in [-0.2, -0.15) is 0 Å². The summed E-state index contributed by atoms with van der Waals surface area (Å²) in [6, 6.07) is 3.34. The molecule has 1 aromatic carbocycles. The first kappa shape index (κ1) is 10.5. The molecule has 5 N–H and O–H groups in total. The van der Waals surface area contributed by atoms with Crippen LogP contribution in [0.5, 0.6) is 5.75 Å². The molecule has 0 aliphatic carbocycles. The molecule has 0 spiro atoms. The molecule has 0 radical (unpaired) electrons. The third-order valence-electron chi connectivity index (χ3n) is 1.88. The average molecular weight is 197 g/mol. The summed E-state index contributed by atoms with van der Waals surface area (Å²) in [4.78, 5) is 10.6. The molecule has 0 aliphatic rings. The lowest BCUT2D eigenvalue weighted by Gasteiger charge is -2.09. The standard InChI is InChI=1S/C9H11NO4/c10-7(4-11)5-1-2-8(12)6(3-5)9(13)14/h1-3,7,11-12H,4,10H2,(H,13,14)/t7-/m0/s1. The van der Waals surface area contributed by atoms with Crippen molar-refractivity contribution >= 4 is 5.97 Å². The SMILES string of the molecule is N[C@@H](CO)c1ccc(O)c(C(=O)O)c1. The highest BCUT2D eigenvalue weighted by molar-refractivity contribution is 5.90. The molecule has 0 amide bonds. The number of hydrogen-bond acceptors (Lipinski definition) is 4. The van der Waals surface area contributed by atoms with Gasteiger partial charge in [0.05, 0.1) is 12.6 Å². The Morgan fingerprint density at radius 1 is 1.50 bits per heavy atom. The van der Waals surface area contributed by atoms with Crippen LogP contribution in [0, 0.1) is 0 Å². The summed E-state index contributed by atoms with van der Waals surface area (Å²) >= 11 is 0. The van der Waals surface area contributed by atoms with Crippen molar-refractivity contribution in [3.05, 3.63) is 29.3 Å². The van der Waals surface area contributed by atoms with Crippen molar-refractivity contribution in [3.8, 4) is 5.75 Å². The van der Waals surface area contributed by atoms with E-state index in [1.807, 2.05) is 0 Å². The van der Waals surface area contributed by atoms with Crippen molar-refractivity contribution in [1.29, 1.82) is 0 Å². The van der Waals surface area contributed by atoms with Gasteiger partial charge in [-0.05, 0) is 17.7 Å². The molecule has 5 heteroatoms. The Labute approximate surface area is 80.4 Å². The minimum atomic E-state index is -1.23. The smallest absolute Gasteiger partial charge is 0.339 e. The van der Waals surface area contributed by atoms with Crippen LogP contribution in [0.3, 0.4) is 0 Å². The normalized spacial score (nSPS) is 12.4. The minimum Gasteiger partial charge on any atom is -0.507 e. The van der Waals surface area contributed by atoms with E-state index in [1.54, 1.807) is 0 Å². The number of aromatic carboxylic acids is 1. The summed E-state index contributed by atoms with van der Waals surface area (Å²) < 4.78 is 0. The number of aliphatic hydroxyl groups is 1. The summed E-state index contributed by atoms with van der Waals surface area (Å²) in [6.07, 6.45) is 0. The zero-order chi connectivity index (χ0) is 10.7. The summed E-state index contributed by atoms with van der Waals surface area (Å²) in [6.45, 7) is -0.274. The zero-order valence-corrected chi connectivity index (χ0v) is 7.34. The molecule has 0 unspecified atom stereocenters. The number of nitrogens with two attached hydrogens (primary N) is 1. The first-order chi connectivity index (χ1) is 6.56. The molecule has 0 saturated heterocycles. The van der Waals surface area contributed by atoms with Crippen LogP contribution in [0.25, 0.3) is 0 Å². The van der Waals surface area contributed by atoms with Crippen molar-refractivity contribution in [2.75, 3.05) is 6.61 Å². The maximum absolute atomic E-state index is 10.6. The summed E-state index contributed by atoms with van der Waals surface area (Å²) in [5, 5.41) is 26.6. The molecule has 5 nitrogen and oxygen atoms in total. The first-order valence-electron chi connectivity index (χ1n) is 3.99. The van der Waals surface area contributed by atoms with Crippen LogP contribution in [0.1, 0.15) is 22.0 Å². The fourth-order valence-electron chi connectivity index (χ4n) is 1.06. The van der Waals surface area contributed by atoms with Gasteiger partial charge in [-0.3, -0.25) is 0 Å². The van der Waals surface area contributed by atoms with Crippen LogP contribution >= 0.6 is 0 Å². The summed E-state index contributed by atoms with van der Waals surface area (Å²) in [7, 11) is 0. The van der Waals surface area contributed by atoms with Crippen LogP contribution in [-0.2, 0) is 0 Å². The second-order valence-electron chi connectivity index (χ2n) is 2.87. The van der Waals surface area contributed by atoms with E-state index in [1.165, 1.54) is 18.2 Å². The zero-order valence-electron chi connectivity index (χ0n) is 7.34. The Kier molecular flexibility index (Phi) is 3.06. The molecular weight excluding hydrogens is 186 g/mol. The number of carbonyl (C=O) groups is 1. The van der Waals surface area contributed by atoms with Crippen molar-refractivity contribution in [2.24, 2.45) is 5.73 Å². The van der Waals surface area contributed by atoms with E-state index >= 15 is 0 Å². The van der Waals surface area contributed by atoms with Gasteiger partial charge in [0, 0.05) is 0 Å². The molecule has 0 fully saturated rings. The number of carboxylic acid groups (broad SMARTS) is 1. The van der Waals surface area contributed by atoms with Gasteiger partial charge in [-0.1, -0.05) is 6.07 Å². The Morgan fingerprint density at radius 3 is 2.64 bits per heavy atom. The van der Waals surface area contributed by atoms with Crippen molar-refractivity contribution < 1.29 is 20.1 Å². The van der Waals surface area contributed by atoms with E-state index in [-0.39, 0.29) is 17.9 Å². The van der Waals surface area contributed by atoms with Crippen molar-refractivity contribution in [3.63, 3.8) is 0 Å². The van der Waals surface area contributed by atoms with Crippen LogP contribution in [-0.4, -0.2) is 27.9 Å². The van der Waals surface area contributed by atoms with Gasteiger partial charge in [-0.15, -0.1) is 0 Å². The fourth-order valence-corrected chi connectivity index (χ4v) is 1.06. The maximum Gasteiger partial charge on any atom is 0.339 e. The quantitative estimate of drug-likeness (QED) is 0.549. The molecule has 0 heterocycles. The second-order valence-corrected chi connectivity index (χ2v) is 2.87. The number of rotatable bonds is 3. The predicted octanol–water partition coefficient (Wildman–Crippen LogP) is 0.0825. The lowest BCUT2D eigenvalue weighted by atomic mass is 10.0. The number of aromatic hydroxyl groups is 1. The molecule has 1 rings (SSSR count). The van der Waals surface area contributed by atoms with E-state index in [9.17, 15) is 9.90 Å². The van der Waals surface area contributed by atoms with Crippen LogP contribution in [0.2, 0.25) is 0 Å². The third-order valence-corrected chi connectivity index (χ3v) is 1.88. The molecule has 0 saturated carbocycles. The molecule has 1 aromatic rings.